The van der Waals surface area contributed by atoms with Crippen LogP contribution in [0.5, 0.6) is 11.5 Å². The van der Waals surface area contributed by atoms with Crippen LogP contribution in [0, 0.1) is 0 Å². The van der Waals surface area contributed by atoms with Gasteiger partial charge in [-0.05, 0) is 55.8 Å². The van der Waals surface area contributed by atoms with Crippen molar-refractivity contribution in [3.05, 3.63) is 53.5 Å². The van der Waals surface area contributed by atoms with Crippen LogP contribution in [0.2, 0.25) is 0 Å². The summed E-state index contributed by atoms with van der Waals surface area (Å²) in [4.78, 5) is 7.35. The van der Waals surface area contributed by atoms with Gasteiger partial charge in [0.25, 0.3) is 0 Å². The minimum absolute atomic E-state index is 0.428. The summed E-state index contributed by atoms with van der Waals surface area (Å²) in [5, 5.41) is 1.24. The van der Waals surface area contributed by atoms with Gasteiger partial charge in [-0.1, -0.05) is 12.1 Å². The van der Waals surface area contributed by atoms with Gasteiger partial charge in [-0.2, -0.15) is 0 Å². The van der Waals surface area contributed by atoms with Crippen LogP contribution in [0.15, 0.2) is 48.5 Å². The molecule has 1 atom stereocenters. The zero-order valence-corrected chi connectivity index (χ0v) is 15.2. The van der Waals surface area contributed by atoms with Gasteiger partial charge >= 0.3 is 0 Å². The van der Waals surface area contributed by atoms with Crippen molar-refractivity contribution in [3.8, 4) is 11.5 Å². The molecule has 130 valence electrons. The van der Waals surface area contributed by atoms with Crippen LogP contribution in [-0.2, 0) is 0 Å². The molecule has 3 aromatic rings. The van der Waals surface area contributed by atoms with Crippen molar-refractivity contribution in [1.82, 2.24) is 9.88 Å². The predicted molar refractivity (Wildman–Crippen MR) is 102 cm³/mol. The molecule has 0 N–H and O–H groups in total. The lowest BCUT2D eigenvalue weighted by molar-refractivity contribution is 0.197. The van der Waals surface area contributed by atoms with E-state index in [4.69, 9.17) is 14.5 Å². The molecule has 0 spiro atoms. The summed E-state index contributed by atoms with van der Waals surface area (Å²) in [7, 11) is 1.67. The molecule has 2 heterocycles. The first-order valence-electron chi connectivity index (χ1n) is 8.70. The van der Waals surface area contributed by atoms with E-state index >= 15 is 0 Å². The summed E-state index contributed by atoms with van der Waals surface area (Å²) in [6, 6.07) is 16.6. The minimum atomic E-state index is 0.428. The Balaban J connectivity index is 1.37. The van der Waals surface area contributed by atoms with Crippen LogP contribution < -0.4 is 9.47 Å². The Bertz CT molecular complexity index is 798. The molecule has 0 bridgehead atoms. The molecule has 25 heavy (non-hydrogen) atoms. The number of fused-ring (bicyclic) bond motifs is 1. The normalized spacial score (nSPS) is 17.9. The average molecular weight is 354 g/mol. The highest BCUT2D eigenvalue weighted by atomic mass is 32.1. The molecule has 1 saturated heterocycles. The van der Waals surface area contributed by atoms with Gasteiger partial charge in [-0.25, -0.2) is 4.98 Å². The Kier molecular flexibility index (Phi) is 4.85. The topological polar surface area (TPSA) is 34.6 Å². The van der Waals surface area contributed by atoms with E-state index in [9.17, 15) is 0 Å². The molecule has 0 amide bonds. The molecular formula is C20H22N2O2S. The molecule has 5 heteroatoms. The number of hydrogen-bond donors (Lipinski definition) is 0. The largest absolute Gasteiger partial charge is 0.497 e. The summed E-state index contributed by atoms with van der Waals surface area (Å²) in [6.07, 6.45) is 2.41. The zero-order chi connectivity index (χ0) is 17.1. The van der Waals surface area contributed by atoms with E-state index < -0.39 is 0 Å². The fourth-order valence-electron chi connectivity index (χ4n) is 3.36. The molecule has 1 aliphatic rings. The molecule has 4 rings (SSSR count). The third kappa shape index (κ3) is 3.62. The Hall–Kier alpha value is -2.11. The lowest BCUT2D eigenvalue weighted by Gasteiger charge is -2.22. The summed E-state index contributed by atoms with van der Waals surface area (Å²) in [5.41, 5.74) is 1.11. The third-order valence-corrected chi connectivity index (χ3v) is 5.80. The van der Waals surface area contributed by atoms with E-state index in [1.165, 1.54) is 22.5 Å². The fourth-order valence-corrected chi connectivity index (χ4v) is 4.50. The second-order valence-electron chi connectivity index (χ2n) is 6.24. The molecule has 1 unspecified atom stereocenters. The molecule has 0 saturated carbocycles. The number of hydrogen-bond acceptors (Lipinski definition) is 5. The second-order valence-corrected chi connectivity index (χ2v) is 7.30. The van der Waals surface area contributed by atoms with Crippen molar-refractivity contribution in [2.24, 2.45) is 0 Å². The van der Waals surface area contributed by atoms with Gasteiger partial charge in [0.1, 0.15) is 23.1 Å². The number of methoxy groups -OCH3 is 1. The van der Waals surface area contributed by atoms with Crippen LogP contribution >= 0.6 is 11.3 Å². The van der Waals surface area contributed by atoms with Crippen molar-refractivity contribution >= 4 is 21.6 Å². The van der Waals surface area contributed by atoms with Gasteiger partial charge in [0.15, 0.2) is 0 Å². The Morgan fingerprint density at radius 3 is 2.72 bits per heavy atom. The van der Waals surface area contributed by atoms with E-state index in [0.717, 1.165) is 30.1 Å². The summed E-state index contributed by atoms with van der Waals surface area (Å²) in [6.45, 7) is 2.73. The maximum atomic E-state index is 5.90. The van der Waals surface area contributed by atoms with E-state index in [-0.39, 0.29) is 0 Å². The number of para-hydroxylation sites is 1. The van der Waals surface area contributed by atoms with Crippen molar-refractivity contribution in [2.75, 3.05) is 26.8 Å². The first-order chi connectivity index (χ1) is 12.3. The lowest BCUT2D eigenvalue weighted by Crippen LogP contribution is -2.28. The summed E-state index contributed by atoms with van der Waals surface area (Å²) < 4.78 is 12.3. The minimum Gasteiger partial charge on any atom is -0.497 e. The monoisotopic (exact) mass is 354 g/mol. The summed E-state index contributed by atoms with van der Waals surface area (Å²) >= 11 is 1.82. The second kappa shape index (κ2) is 7.42. The standard InChI is InChI=1S/C20H22N2O2S/c1-23-15-8-10-16(11-9-15)24-14-13-22-12-4-6-18(22)20-21-17-5-2-3-7-19(17)25-20/h2-3,5,7-11,18H,4,6,12-14H2,1H3. The molecule has 0 aliphatic carbocycles. The summed E-state index contributed by atoms with van der Waals surface area (Å²) in [5.74, 6) is 1.74. The molecule has 0 radical (unpaired) electrons. The highest BCUT2D eigenvalue weighted by Gasteiger charge is 2.28. The quantitative estimate of drug-likeness (QED) is 0.652. The number of aromatic nitrogens is 1. The van der Waals surface area contributed by atoms with Crippen molar-refractivity contribution in [1.29, 1.82) is 0 Å². The van der Waals surface area contributed by atoms with Gasteiger partial charge < -0.3 is 9.47 Å². The smallest absolute Gasteiger partial charge is 0.119 e. The highest BCUT2D eigenvalue weighted by molar-refractivity contribution is 7.18. The van der Waals surface area contributed by atoms with Gasteiger partial charge in [-0.3, -0.25) is 4.90 Å². The Morgan fingerprint density at radius 2 is 1.92 bits per heavy atom. The van der Waals surface area contributed by atoms with E-state index in [1.54, 1.807) is 7.11 Å². The molecule has 1 aliphatic heterocycles. The molecular weight excluding hydrogens is 332 g/mol. The Morgan fingerprint density at radius 1 is 1.12 bits per heavy atom. The fraction of sp³-hybridized carbons (Fsp3) is 0.350. The first kappa shape index (κ1) is 16.4. The number of rotatable bonds is 6. The van der Waals surface area contributed by atoms with Crippen LogP contribution in [-0.4, -0.2) is 36.7 Å². The highest BCUT2D eigenvalue weighted by Crippen LogP contribution is 2.36. The predicted octanol–water partition coefficient (Wildman–Crippen LogP) is 4.52. The molecule has 1 fully saturated rings. The number of likely N-dealkylation sites (tertiary alicyclic amines) is 1. The van der Waals surface area contributed by atoms with Crippen LogP contribution in [0.25, 0.3) is 10.2 Å². The van der Waals surface area contributed by atoms with E-state index in [1.807, 2.05) is 35.6 Å². The van der Waals surface area contributed by atoms with Crippen molar-refractivity contribution < 1.29 is 9.47 Å². The van der Waals surface area contributed by atoms with Crippen LogP contribution in [0.4, 0.5) is 0 Å². The van der Waals surface area contributed by atoms with Gasteiger partial charge in [0, 0.05) is 6.54 Å². The van der Waals surface area contributed by atoms with Gasteiger partial charge in [-0.15, -0.1) is 11.3 Å². The first-order valence-corrected chi connectivity index (χ1v) is 9.51. The third-order valence-electron chi connectivity index (χ3n) is 4.67. The number of thiazole rings is 1. The number of ether oxygens (including phenoxy) is 2. The lowest BCUT2D eigenvalue weighted by atomic mass is 10.2. The van der Waals surface area contributed by atoms with Crippen LogP contribution in [0.1, 0.15) is 23.9 Å². The van der Waals surface area contributed by atoms with Crippen LogP contribution in [0.3, 0.4) is 0 Å². The number of nitrogens with zero attached hydrogens (tertiary/aromatic N) is 2. The number of benzene rings is 2. The average Bonchev–Trinajstić information content (AvgIpc) is 3.28. The van der Waals surface area contributed by atoms with Crippen molar-refractivity contribution in [2.45, 2.75) is 18.9 Å². The molecule has 1 aromatic heterocycles. The van der Waals surface area contributed by atoms with E-state index in [0.29, 0.717) is 12.6 Å². The SMILES string of the molecule is COc1ccc(OCCN2CCCC2c2nc3ccccc3s2)cc1. The zero-order valence-electron chi connectivity index (χ0n) is 14.4. The van der Waals surface area contributed by atoms with E-state index in [2.05, 4.69) is 29.2 Å². The maximum absolute atomic E-state index is 5.90. The van der Waals surface area contributed by atoms with Crippen molar-refractivity contribution in [3.63, 3.8) is 0 Å². The van der Waals surface area contributed by atoms with Gasteiger partial charge in [0.05, 0.1) is 23.4 Å². The molecule has 2 aromatic carbocycles. The van der Waals surface area contributed by atoms with Gasteiger partial charge in [0.2, 0.25) is 0 Å². The Labute approximate surface area is 152 Å². The maximum Gasteiger partial charge on any atom is 0.119 e. The molecule has 4 nitrogen and oxygen atoms in total.